The average Bonchev–Trinajstić information content (AvgIpc) is 3.48. The zero-order valence-corrected chi connectivity index (χ0v) is 18.6. The number of hydrogen-bond acceptors (Lipinski definition) is 5. The molecule has 0 radical (unpaired) electrons. The van der Waals surface area contributed by atoms with E-state index in [-0.39, 0.29) is 6.04 Å². The van der Waals surface area contributed by atoms with E-state index in [9.17, 15) is 0 Å². The Balaban J connectivity index is 1.38. The van der Waals surface area contributed by atoms with Gasteiger partial charge >= 0.3 is 0 Å². The number of nitrogens with one attached hydrogen (secondary N) is 2. The van der Waals surface area contributed by atoms with E-state index in [4.69, 9.17) is 14.5 Å². The van der Waals surface area contributed by atoms with Crippen molar-refractivity contribution in [2.45, 2.75) is 39.3 Å². The van der Waals surface area contributed by atoms with E-state index >= 15 is 0 Å². The molecule has 0 fully saturated rings. The van der Waals surface area contributed by atoms with E-state index in [1.165, 1.54) is 11.1 Å². The second-order valence-electron chi connectivity index (χ2n) is 7.67. The lowest BCUT2D eigenvalue weighted by atomic mass is 10.1. The van der Waals surface area contributed by atoms with E-state index in [1.54, 1.807) is 6.33 Å². The summed E-state index contributed by atoms with van der Waals surface area (Å²) in [7, 11) is 0. The summed E-state index contributed by atoms with van der Waals surface area (Å²) in [6.45, 7) is 6.67. The maximum atomic E-state index is 5.48. The lowest BCUT2D eigenvalue weighted by molar-refractivity contribution is 0.174. The summed E-state index contributed by atoms with van der Waals surface area (Å²) in [4.78, 5) is 4.82. The fraction of sp³-hybridized carbons (Fsp3) is 0.375. The molecule has 32 heavy (non-hydrogen) atoms. The Morgan fingerprint density at radius 3 is 2.84 bits per heavy atom. The Bertz CT molecular complexity index is 1030. The molecule has 1 aliphatic rings. The van der Waals surface area contributed by atoms with Crippen molar-refractivity contribution in [3.63, 3.8) is 0 Å². The van der Waals surface area contributed by atoms with Gasteiger partial charge in [0.05, 0.1) is 6.04 Å². The van der Waals surface area contributed by atoms with Gasteiger partial charge in [0.15, 0.2) is 17.5 Å². The molecule has 1 aliphatic heterocycles. The third kappa shape index (κ3) is 5.57. The number of rotatable bonds is 9. The van der Waals surface area contributed by atoms with Crippen LogP contribution in [0.4, 0.5) is 0 Å². The van der Waals surface area contributed by atoms with E-state index in [2.05, 4.69) is 69.6 Å². The lowest BCUT2D eigenvalue weighted by Crippen LogP contribution is -2.40. The highest BCUT2D eigenvalue weighted by Crippen LogP contribution is 2.32. The van der Waals surface area contributed by atoms with Crippen LogP contribution in [0.3, 0.4) is 0 Å². The maximum absolute atomic E-state index is 5.48. The molecule has 2 heterocycles. The van der Waals surface area contributed by atoms with Crippen LogP contribution in [-0.4, -0.2) is 40.6 Å². The summed E-state index contributed by atoms with van der Waals surface area (Å²) in [6, 6.07) is 16.6. The van der Waals surface area contributed by atoms with Crippen molar-refractivity contribution < 1.29 is 9.47 Å². The first-order chi connectivity index (χ1) is 15.7. The van der Waals surface area contributed by atoms with Gasteiger partial charge in [0.25, 0.3) is 0 Å². The Kier molecular flexibility index (Phi) is 7.22. The van der Waals surface area contributed by atoms with Crippen molar-refractivity contribution in [1.82, 2.24) is 25.4 Å². The number of benzene rings is 2. The molecule has 1 aromatic heterocycles. The molecule has 3 aromatic rings. The number of aryl methyl sites for hydroxylation is 1. The molecule has 1 unspecified atom stereocenters. The number of nitrogens with zero attached hydrogens (tertiary/aromatic N) is 4. The highest BCUT2D eigenvalue weighted by Gasteiger charge is 2.13. The smallest absolute Gasteiger partial charge is 0.231 e. The van der Waals surface area contributed by atoms with Gasteiger partial charge in [0.1, 0.15) is 12.2 Å². The molecule has 168 valence electrons. The van der Waals surface area contributed by atoms with Gasteiger partial charge in [-0.25, -0.2) is 0 Å². The van der Waals surface area contributed by atoms with Crippen LogP contribution in [0.5, 0.6) is 11.5 Å². The molecule has 2 N–H and O–H groups in total. The van der Waals surface area contributed by atoms with Crippen molar-refractivity contribution in [2.24, 2.45) is 4.99 Å². The van der Waals surface area contributed by atoms with Gasteiger partial charge in [-0.1, -0.05) is 43.3 Å². The van der Waals surface area contributed by atoms with Gasteiger partial charge in [0.2, 0.25) is 6.79 Å². The van der Waals surface area contributed by atoms with Crippen LogP contribution in [0, 0.1) is 0 Å². The van der Waals surface area contributed by atoms with Gasteiger partial charge in [0, 0.05) is 26.1 Å². The van der Waals surface area contributed by atoms with Crippen molar-refractivity contribution >= 4 is 5.96 Å². The van der Waals surface area contributed by atoms with Crippen LogP contribution in [0.2, 0.25) is 0 Å². The van der Waals surface area contributed by atoms with Gasteiger partial charge < -0.3 is 24.7 Å². The number of aromatic nitrogens is 3. The first-order valence-electron chi connectivity index (χ1n) is 11.1. The quantitative estimate of drug-likeness (QED) is 0.398. The zero-order valence-electron chi connectivity index (χ0n) is 18.6. The molecule has 0 saturated carbocycles. The molecule has 0 saturated heterocycles. The number of fused-ring (bicyclic) bond motifs is 1. The highest BCUT2D eigenvalue weighted by atomic mass is 16.7. The fourth-order valence-corrected chi connectivity index (χ4v) is 3.61. The third-order valence-corrected chi connectivity index (χ3v) is 5.42. The number of aliphatic imine (C=N–C) groups is 1. The average molecular weight is 435 g/mol. The molecule has 8 nitrogen and oxygen atoms in total. The SMILES string of the molecule is CCc1nncn1CCNC(=NCCc1ccc2c(c1)OCO2)NC(C)c1ccccc1. The van der Waals surface area contributed by atoms with Crippen molar-refractivity contribution in [3.8, 4) is 11.5 Å². The maximum Gasteiger partial charge on any atom is 0.231 e. The molecule has 0 bridgehead atoms. The Morgan fingerprint density at radius 2 is 2.00 bits per heavy atom. The van der Waals surface area contributed by atoms with Gasteiger partial charge in [-0.15, -0.1) is 10.2 Å². The second kappa shape index (κ2) is 10.7. The summed E-state index contributed by atoms with van der Waals surface area (Å²) >= 11 is 0. The second-order valence-corrected chi connectivity index (χ2v) is 7.67. The Hall–Kier alpha value is -3.55. The molecular weight excluding hydrogens is 404 g/mol. The molecule has 0 spiro atoms. The highest BCUT2D eigenvalue weighted by molar-refractivity contribution is 5.80. The van der Waals surface area contributed by atoms with Crippen LogP contribution in [-0.2, 0) is 19.4 Å². The monoisotopic (exact) mass is 434 g/mol. The van der Waals surface area contributed by atoms with E-state index in [0.717, 1.165) is 49.2 Å². The molecule has 8 heteroatoms. The predicted octanol–water partition coefficient (Wildman–Crippen LogP) is 3.11. The molecule has 0 amide bonds. The topological polar surface area (TPSA) is 85.6 Å². The Morgan fingerprint density at radius 1 is 1.16 bits per heavy atom. The van der Waals surface area contributed by atoms with Crippen LogP contribution in [0.15, 0.2) is 59.9 Å². The van der Waals surface area contributed by atoms with Gasteiger partial charge in [-0.3, -0.25) is 4.99 Å². The minimum atomic E-state index is 0.133. The molecule has 1 atom stereocenters. The van der Waals surface area contributed by atoms with Crippen LogP contribution >= 0.6 is 0 Å². The first kappa shape index (κ1) is 21.7. The van der Waals surface area contributed by atoms with Gasteiger partial charge in [-0.05, 0) is 36.6 Å². The van der Waals surface area contributed by atoms with E-state index in [1.807, 2.05) is 18.2 Å². The molecular formula is C24H30N6O2. The summed E-state index contributed by atoms with van der Waals surface area (Å²) in [6.07, 6.45) is 3.45. The zero-order chi connectivity index (χ0) is 22.2. The third-order valence-electron chi connectivity index (χ3n) is 5.42. The molecule has 2 aromatic carbocycles. The van der Waals surface area contributed by atoms with E-state index in [0.29, 0.717) is 13.3 Å². The number of ether oxygens (including phenoxy) is 2. The molecule has 0 aliphatic carbocycles. The summed E-state index contributed by atoms with van der Waals surface area (Å²) in [5.74, 6) is 3.38. The summed E-state index contributed by atoms with van der Waals surface area (Å²) in [5.41, 5.74) is 2.38. The van der Waals surface area contributed by atoms with E-state index < -0.39 is 0 Å². The van der Waals surface area contributed by atoms with Crippen molar-refractivity contribution in [2.75, 3.05) is 19.9 Å². The summed E-state index contributed by atoms with van der Waals surface area (Å²) < 4.78 is 12.9. The van der Waals surface area contributed by atoms with Crippen LogP contribution in [0.1, 0.15) is 36.8 Å². The molecule has 4 rings (SSSR count). The van der Waals surface area contributed by atoms with Gasteiger partial charge in [-0.2, -0.15) is 0 Å². The van der Waals surface area contributed by atoms with Crippen LogP contribution in [0.25, 0.3) is 0 Å². The predicted molar refractivity (Wildman–Crippen MR) is 124 cm³/mol. The number of guanidine groups is 1. The first-order valence-corrected chi connectivity index (χ1v) is 11.1. The fourth-order valence-electron chi connectivity index (χ4n) is 3.61. The van der Waals surface area contributed by atoms with Crippen molar-refractivity contribution in [3.05, 3.63) is 71.8 Å². The lowest BCUT2D eigenvalue weighted by Gasteiger charge is -2.19. The Labute approximate surface area is 188 Å². The largest absolute Gasteiger partial charge is 0.454 e. The standard InChI is InChI=1S/C24H30N6O2/c1-3-23-29-27-16-30(23)14-13-26-24(28-18(2)20-7-5-4-6-8-20)25-12-11-19-9-10-21-22(15-19)32-17-31-21/h4-10,15-16,18H,3,11-14,17H2,1-2H3,(H2,25,26,28). The minimum absolute atomic E-state index is 0.133. The number of hydrogen-bond donors (Lipinski definition) is 2. The minimum Gasteiger partial charge on any atom is -0.454 e. The van der Waals surface area contributed by atoms with Crippen LogP contribution < -0.4 is 20.1 Å². The summed E-state index contributed by atoms with van der Waals surface area (Å²) in [5, 5.41) is 15.1. The van der Waals surface area contributed by atoms with Crippen molar-refractivity contribution in [1.29, 1.82) is 0 Å². The normalized spacial score (nSPS) is 13.8.